The lowest BCUT2D eigenvalue weighted by Gasteiger charge is -2.24. The second kappa shape index (κ2) is 15.4. The Morgan fingerprint density at radius 3 is 1.61 bits per heavy atom. The number of amides is 5. The lowest BCUT2D eigenvalue weighted by molar-refractivity contribution is -0.143. The molecule has 5 amide bonds. The van der Waals surface area contributed by atoms with E-state index in [0.29, 0.717) is 0 Å². The number of nitrogens with one attached hydrogen (secondary N) is 3. The molecule has 15 N–H and O–H groups in total. The van der Waals surface area contributed by atoms with E-state index in [-0.39, 0.29) is 25.3 Å². The zero-order valence-electron chi connectivity index (χ0n) is 19.1. The van der Waals surface area contributed by atoms with Crippen LogP contribution in [0.5, 0.6) is 0 Å². The summed E-state index contributed by atoms with van der Waals surface area (Å²) in [5.41, 5.74) is 25.9. The van der Waals surface area contributed by atoms with Crippen LogP contribution in [0.3, 0.4) is 0 Å². The van der Waals surface area contributed by atoms with Gasteiger partial charge in [0, 0.05) is 6.54 Å². The maximum absolute atomic E-state index is 12.6. The van der Waals surface area contributed by atoms with Crippen molar-refractivity contribution in [2.45, 2.75) is 56.3 Å². The van der Waals surface area contributed by atoms with Crippen LogP contribution >= 0.6 is 0 Å². The summed E-state index contributed by atoms with van der Waals surface area (Å²) in [6, 6.07) is -6.46. The van der Waals surface area contributed by atoms with E-state index >= 15 is 0 Å². The van der Waals surface area contributed by atoms with Gasteiger partial charge in [0.05, 0.1) is 25.3 Å². The normalized spacial score (nSPS) is 13.7. The lowest BCUT2D eigenvalue weighted by Crippen LogP contribution is -2.58. The minimum absolute atomic E-state index is 0.0674. The molecule has 0 aliphatic heterocycles. The van der Waals surface area contributed by atoms with E-state index in [1.807, 2.05) is 5.32 Å². The molecule has 0 aromatic rings. The van der Waals surface area contributed by atoms with Crippen LogP contribution in [-0.4, -0.2) is 88.4 Å². The molecular weight excluding hydrogens is 486 g/mol. The highest BCUT2D eigenvalue weighted by Gasteiger charge is 2.32. The van der Waals surface area contributed by atoms with Crippen LogP contribution < -0.4 is 44.6 Å². The van der Waals surface area contributed by atoms with Crippen LogP contribution in [-0.2, 0) is 33.6 Å². The van der Waals surface area contributed by atoms with Crippen molar-refractivity contribution in [3.8, 4) is 0 Å². The summed E-state index contributed by atoms with van der Waals surface area (Å²) < 4.78 is 0. The summed E-state index contributed by atoms with van der Waals surface area (Å²) in [4.78, 5) is 86.0. The average molecular weight is 518 g/mol. The SMILES string of the molecule is NC(=O)CC(N)C(=O)NC(CC(=O)O)C(=O)NC(CC(N)=O)C(=O)NC(CCCN=C(N)N)C(=O)O. The molecule has 0 spiro atoms. The molecule has 0 saturated heterocycles. The fourth-order valence-electron chi connectivity index (χ4n) is 2.69. The Hall–Kier alpha value is -4.48. The molecule has 0 aliphatic rings. The Morgan fingerprint density at radius 2 is 1.17 bits per heavy atom. The number of primary amides is 2. The van der Waals surface area contributed by atoms with E-state index in [1.165, 1.54) is 0 Å². The second-order valence-electron chi connectivity index (χ2n) is 7.52. The molecular formula is C18H31N9O9. The molecule has 0 saturated carbocycles. The summed E-state index contributed by atoms with van der Waals surface area (Å²) in [5.74, 6) is -8.59. The molecule has 202 valence electrons. The number of hydrogen-bond acceptors (Lipinski definition) is 9. The predicted octanol–water partition coefficient (Wildman–Crippen LogP) is -5.87. The van der Waals surface area contributed by atoms with Crippen LogP contribution in [0.25, 0.3) is 0 Å². The third-order valence-electron chi connectivity index (χ3n) is 4.37. The smallest absolute Gasteiger partial charge is 0.326 e. The van der Waals surface area contributed by atoms with Crippen LogP contribution in [0.15, 0.2) is 4.99 Å². The van der Waals surface area contributed by atoms with Crippen molar-refractivity contribution in [2.24, 2.45) is 33.7 Å². The monoisotopic (exact) mass is 517 g/mol. The summed E-state index contributed by atoms with van der Waals surface area (Å²) in [6.45, 7) is 0.0674. The highest BCUT2D eigenvalue weighted by atomic mass is 16.4. The average Bonchev–Trinajstić information content (AvgIpc) is 2.73. The number of rotatable bonds is 17. The lowest BCUT2D eigenvalue weighted by atomic mass is 10.1. The zero-order chi connectivity index (χ0) is 28.0. The molecule has 0 bridgehead atoms. The second-order valence-corrected chi connectivity index (χ2v) is 7.52. The minimum atomic E-state index is -1.79. The zero-order valence-corrected chi connectivity index (χ0v) is 19.1. The Balaban J connectivity index is 5.52. The molecule has 0 rings (SSSR count). The van der Waals surface area contributed by atoms with E-state index in [4.69, 9.17) is 33.8 Å². The van der Waals surface area contributed by atoms with E-state index in [1.54, 1.807) is 0 Å². The molecule has 0 aliphatic carbocycles. The Morgan fingerprint density at radius 1 is 0.694 bits per heavy atom. The summed E-state index contributed by atoms with van der Waals surface area (Å²) in [7, 11) is 0. The van der Waals surface area contributed by atoms with Crippen LogP contribution in [0.2, 0.25) is 0 Å². The van der Waals surface area contributed by atoms with Gasteiger partial charge in [0.1, 0.15) is 18.1 Å². The molecule has 4 unspecified atom stereocenters. The number of hydrogen-bond donors (Lipinski definition) is 10. The number of guanidine groups is 1. The highest BCUT2D eigenvalue weighted by molar-refractivity contribution is 5.97. The Bertz CT molecular complexity index is 889. The topological polar surface area (TPSA) is 338 Å². The summed E-state index contributed by atoms with van der Waals surface area (Å²) >= 11 is 0. The van der Waals surface area contributed by atoms with Crippen LogP contribution in [0.4, 0.5) is 0 Å². The molecule has 0 aromatic heterocycles. The standard InChI is InChI=1S/C18H31N9O9/c19-7(4-11(20)28)14(32)26-10(6-13(30)31)16(34)27-9(5-12(21)29)15(33)25-8(17(35)36)2-1-3-24-18(22)23/h7-10H,1-6,19H2,(H2,20,28)(H2,21,29)(H,25,33)(H,26,32)(H,27,34)(H,30,31)(H,35,36)(H4,22,23,24). The quantitative estimate of drug-likeness (QED) is 0.0489. The first kappa shape index (κ1) is 31.5. The molecule has 36 heavy (non-hydrogen) atoms. The number of carboxylic acid groups (broad SMARTS) is 2. The molecule has 0 radical (unpaired) electrons. The number of carbonyl (C=O) groups excluding carboxylic acids is 5. The van der Waals surface area contributed by atoms with Crippen molar-refractivity contribution in [3.05, 3.63) is 0 Å². The third kappa shape index (κ3) is 13.3. The van der Waals surface area contributed by atoms with Gasteiger partial charge in [0.2, 0.25) is 29.5 Å². The number of nitrogens with zero attached hydrogens (tertiary/aromatic N) is 1. The first-order chi connectivity index (χ1) is 16.6. The molecule has 0 fully saturated rings. The minimum Gasteiger partial charge on any atom is -0.481 e. The van der Waals surface area contributed by atoms with Gasteiger partial charge >= 0.3 is 11.9 Å². The van der Waals surface area contributed by atoms with Crippen molar-refractivity contribution in [3.63, 3.8) is 0 Å². The Labute approximate surface area is 204 Å². The fraction of sp³-hybridized carbons (Fsp3) is 0.556. The van der Waals surface area contributed by atoms with E-state index in [2.05, 4.69) is 15.6 Å². The number of nitrogens with two attached hydrogens (primary N) is 5. The van der Waals surface area contributed by atoms with Gasteiger partial charge in [0.25, 0.3) is 0 Å². The van der Waals surface area contributed by atoms with Crippen molar-refractivity contribution in [2.75, 3.05) is 6.54 Å². The van der Waals surface area contributed by atoms with Gasteiger partial charge in [-0.25, -0.2) is 4.79 Å². The van der Waals surface area contributed by atoms with Crippen molar-refractivity contribution >= 4 is 47.4 Å². The number of aliphatic imine (C=N–C) groups is 1. The summed E-state index contributed by atoms with van der Waals surface area (Å²) in [5, 5.41) is 24.6. The van der Waals surface area contributed by atoms with Gasteiger partial charge in [-0.3, -0.25) is 33.8 Å². The highest BCUT2D eigenvalue weighted by Crippen LogP contribution is 2.03. The van der Waals surface area contributed by atoms with E-state index < -0.39 is 84.9 Å². The Kier molecular flexibility index (Phi) is 13.5. The van der Waals surface area contributed by atoms with E-state index in [0.717, 1.165) is 0 Å². The van der Waals surface area contributed by atoms with Gasteiger partial charge in [-0.15, -0.1) is 0 Å². The van der Waals surface area contributed by atoms with Gasteiger partial charge in [-0.2, -0.15) is 0 Å². The maximum Gasteiger partial charge on any atom is 0.326 e. The first-order valence-corrected chi connectivity index (χ1v) is 10.4. The maximum atomic E-state index is 12.6. The third-order valence-corrected chi connectivity index (χ3v) is 4.37. The van der Waals surface area contributed by atoms with Crippen LogP contribution in [0.1, 0.15) is 32.1 Å². The molecule has 18 nitrogen and oxygen atoms in total. The molecule has 4 atom stereocenters. The number of aliphatic carboxylic acids is 2. The molecule has 0 aromatic carbocycles. The van der Waals surface area contributed by atoms with Crippen molar-refractivity contribution in [1.82, 2.24) is 16.0 Å². The van der Waals surface area contributed by atoms with Gasteiger partial charge in [0.15, 0.2) is 5.96 Å². The van der Waals surface area contributed by atoms with Gasteiger partial charge in [-0.05, 0) is 12.8 Å². The first-order valence-electron chi connectivity index (χ1n) is 10.4. The van der Waals surface area contributed by atoms with Gasteiger partial charge < -0.3 is 54.8 Å². The number of carboxylic acids is 2. The number of carbonyl (C=O) groups is 7. The molecule has 0 heterocycles. The van der Waals surface area contributed by atoms with Crippen LogP contribution in [0, 0.1) is 0 Å². The fourth-order valence-corrected chi connectivity index (χ4v) is 2.69. The molecule has 18 heteroatoms. The van der Waals surface area contributed by atoms with Crippen molar-refractivity contribution < 1.29 is 43.8 Å². The van der Waals surface area contributed by atoms with Gasteiger partial charge in [-0.1, -0.05) is 0 Å². The summed E-state index contributed by atoms with van der Waals surface area (Å²) in [6.07, 6.45) is -2.31. The predicted molar refractivity (Wildman–Crippen MR) is 121 cm³/mol. The van der Waals surface area contributed by atoms with E-state index in [9.17, 15) is 38.7 Å². The van der Waals surface area contributed by atoms with Crippen molar-refractivity contribution in [1.29, 1.82) is 0 Å². The largest absolute Gasteiger partial charge is 0.481 e.